The van der Waals surface area contributed by atoms with E-state index in [2.05, 4.69) is 0 Å². The number of halogens is 1. The molecule has 2 aromatic carbocycles. The molecule has 5 heteroatoms. The summed E-state index contributed by atoms with van der Waals surface area (Å²) in [6.07, 6.45) is 0. The van der Waals surface area contributed by atoms with Gasteiger partial charge in [-0.3, -0.25) is 4.52 Å². The van der Waals surface area contributed by atoms with Gasteiger partial charge in [0.2, 0.25) is 0 Å². The van der Waals surface area contributed by atoms with E-state index >= 15 is 0 Å². The van der Waals surface area contributed by atoms with E-state index in [0.29, 0.717) is 21.7 Å². The van der Waals surface area contributed by atoms with Crippen LogP contribution in [0.5, 0.6) is 0 Å². The first-order valence-corrected chi connectivity index (χ1v) is 7.98. The minimum Gasteiger partial charge on any atom is -0.419 e. The summed E-state index contributed by atoms with van der Waals surface area (Å²) in [5.41, 5.74) is 1.45. The standard InChI is InChI=1S/C15H12ClO3P/c1-18-20(17)13-10-6-5-9-12(13)14(16)15(19-20)11-7-3-2-4-8-11/h2-10H,1H3. The largest absolute Gasteiger partial charge is 0.419 e. The van der Waals surface area contributed by atoms with Gasteiger partial charge in [0, 0.05) is 18.2 Å². The van der Waals surface area contributed by atoms with E-state index in [-0.39, 0.29) is 0 Å². The number of fused-ring (bicyclic) bond motifs is 1. The molecule has 1 aliphatic heterocycles. The van der Waals surface area contributed by atoms with Gasteiger partial charge in [0.15, 0.2) is 5.76 Å². The van der Waals surface area contributed by atoms with Crippen LogP contribution in [0.4, 0.5) is 0 Å². The molecule has 3 nitrogen and oxygen atoms in total. The Kier molecular flexibility index (Phi) is 3.43. The molecule has 20 heavy (non-hydrogen) atoms. The van der Waals surface area contributed by atoms with Crippen molar-refractivity contribution in [1.82, 2.24) is 0 Å². The van der Waals surface area contributed by atoms with Gasteiger partial charge in [0.25, 0.3) is 0 Å². The van der Waals surface area contributed by atoms with E-state index < -0.39 is 7.60 Å². The second-order valence-electron chi connectivity index (χ2n) is 4.30. The first-order valence-electron chi connectivity index (χ1n) is 6.06. The van der Waals surface area contributed by atoms with E-state index in [0.717, 1.165) is 5.56 Å². The third-order valence-corrected chi connectivity index (χ3v) is 5.38. The predicted molar refractivity (Wildman–Crippen MR) is 80.9 cm³/mol. The predicted octanol–water partition coefficient (Wildman–Crippen LogP) is 4.25. The van der Waals surface area contributed by atoms with Crippen molar-refractivity contribution < 1.29 is 13.6 Å². The van der Waals surface area contributed by atoms with Gasteiger partial charge >= 0.3 is 7.60 Å². The van der Waals surface area contributed by atoms with Gasteiger partial charge in [-0.25, -0.2) is 4.57 Å². The van der Waals surface area contributed by atoms with Gasteiger partial charge in [0.05, 0.1) is 10.3 Å². The molecule has 0 N–H and O–H groups in total. The monoisotopic (exact) mass is 306 g/mol. The van der Waals surface area contributed by atoms with Crippen LogP contribution in [0.15, 0.2) is 54.6 Å². The Bertz CT molecular complexity index is 725. The summed E-state index contributed by atoms with van der Waals surface area (Å²) >= 11 is 6.41. The summed E-state index contributed by atoms with van der Waals surface area (Å²) in [6, 6.07) is 16.5. The summed E-state index contributed by atoms with van der Waals surface area (Å²) < 4.78 is 23.6. The number of hydrogen-bond donors (Lipinski definition) is 0. The van der Waals surface area contributed by atoms with Crippen molar-refractivity contribution in [2.24, 2.45) is 0 Å². The Morgan fingerprint density at radius 1 is 1.05 bits per heavy atom. The third-order valence-electron chi connectivity index (χ3n) is 3.12. The van der Waals surface area contributed by atoms with E-state index in [1.54, 1.807) is 12.1 Å². The maximum Gasteiger partial charge on any atom is 0.411 e. The van der Waals surface area contributed by atoms with Crippen LogP contribution < -0.4 is 5.30 Å². The average Bonchev–Trinajstić information content (AvgIpc) is 2.52. The lowest BCUT2D eigenvalue weighted by Gasteiger charge is -2.27. The Morgan fingerprint density at radius 3 is 2.40 bits per heavy atom. The van der Waals surface area contributed by atoms with Crippen LogP contribution in [-0.2, 0) is 13.6 Å². The molecule has 1 unspecified atom stereocenters. The summed E-state index contributed by atoms with van der Waals surface area (Å²) in [7, 11) is -2.01. The average molecular weight is 307 g/mol. The van der Waals surface area contributed by atoms with E-state index in [1.165, 1.54) is 7.11 Å². The molecule has 2 aromatic rings. The maximum atomic E-state index is 12.8. The van der Waals surface area contributed by atoms with E-state index in [1.807, 2.05) is 42.5 Å². The van der Waals surface area contributed by atoms with Crippen LogP contribution in [-0.4, -0.2) is 7.11 Å². The Labute approximate surface area is 122 Å². The SMILES string of the molecule is COP1(=O)OC(c2ccccc2)=C(Cl)c2ccccc21. The van der Waals surface area contributed by atoms with Crippen molar-refractivity contribution in [3.8, 4) is 0 Å². The molecule has 0 aliphatic carbocycles. The van der Waals surface area contributed by atoms with Crippen LogP contribution >= 0.6 is 19.2 Å². The highest BCUT2D eigenvalue weighted by molar-refractivity contribution is 7.62. The van der Waals surface area contributed by atoms with Gasteiger partial charge in [-0.05, 0) is 6.07 Å². The van der Waals surface area contributed by atoms with Gasteiger partial charge in [-0.15, -0.1) is 0 Å². The molecule has 1 aliphatic rings. The van der Waals surface area contributed by atoms with Crippen molar-refractivity contribution in [2.75, 3.05) is 7.11 Å². The van der Waals surface area contributed by atoms with Crippen LogP contribution in [0.3, 0.4) is 0 Å². The zero-order chi connectivity index (χ0) is 14.2. The molecular formula is C15H12ClO3P. The molecule has 0 saturated carbocycles. The fraction of sp³-hybridized carbons (Fsp3) is 0.0667. The van der Waals surface area contributed by atoms with E-state index in [4.69, 9.17) is 20.6 Å². The molecule has 1 heterocycles. The minimum atomic E-state index is -3.39. The lowest BCUT2D eigenvalue weighted by molar-refractivity contribution is 0.320. The maximum absolute atomic E-state index is 12.8. The lowest BCUT2D eigenvalue weighted by atomic mass is 10.1. The van der Waals surface area contributed by atoms with Crippen molar-refractivity contribution in [3.05, 3.63) is 65.7 Å². The van der Waals surface area contributed by atoms with Crippen molar-refractivity contribution in [3.63, 3.8) is 0 Å². The van der Waals surface area contributed by atoms with Crippen molar-refractivity contribution in [1.29, 1.82) is 0 Å². The second kappa shape index (κ2) is 5.10. The second-order valence-corrected chi connectivity index (χ2v) is 6.70. The van der Waals surface area contributed by atoms with Gasteiger partial charge in [-0.1, -0.05) is 60.1 Å². The highest BCUT2D eigenvalue weighted by Gasteiger charge is 2.37. The van der Waals surface area contributed by atoms with Crippen LogP contribution in [0, 0.1) is 0 Å². The van der Waals surface area contributed by atoms with Gasteiger partial charge < -0.3 is 4.52 Å². The highest BCUT2D eigenvalue weighted by atomic mass is 35.5. The Morgan fingerprint density at radius 2 is 1.70 bits per heavy atom. The minimum absolute atomic E-state index is 0.385. The van der Waals surface area contributed by atoms with Crippen LogP contribution in [0.1, 0.15) is 11.1 Å². The first-order chi connectivity index (χ1) is 9.65. The lowest BCUT2D eigenvalue weighted by Crippen LogP contribution is -2.17. The summed E-state index contributed by atoms with van der Waals surface area (Å²) in [5, 5.41) is 0.933. The van der Waals surface area contributed by atoms with Crippen molar-refractivity contribution >= 4 is 35.3 Å². The highest BCUT2D eigenvalue weighted by Crippen LogP contribution is 2.56. The van der Waals surface area contributed by atoms with Gasteiger partial charge in [0.1, 0.15) is 0 Å². The normalized spacial score (nSPS) is 21.3. The summed E-state index contributed by atoms with van der Waals surface area (Å²) in [5.74, 6) is 0.385. The molecule has 0 radical (unpaired) electrons. The molecule has 1 atom stereocenters. The zero-order valence-electron chi connectivity index (χ0n) is 10.7. The fourth-order valence-corrected chi connectivity index (χ4v) is 4.12. The number of rotatable bonds is 2. The molecule has 102 valence electrons. The molecule has 0 aromatic heterocycles. The fourth-order valence-electron chi connectivity index (χ4n) is 2.13. The van der Waals surface area contributed by atoms with Crippen LogP contribution in [0.25, 0.3) is 10.8 Å². The third kappa shape index (κ3) is 2.08. The van der Waals surface area contributed by atoms with Gasteiger partial charge in [-0.2, -0.15) is 0 Å². The topological polar surface area (TPSA) is 35.5 Å². The zero-order valence-corrected chi connectivity index (χ0v) is 12.4. The number of benzene rings is 2. The summed E-state index contributed by atoms with van der Waals surface area (Å²) in [6.45, 7) is 0. The quantitative estimate of drug-likeness (QED) is 0.778. The smallest absolute Gasteiger partial charge is 0.411 e. The molecule has 0 amide bonds. The molecular weight excluding hydrogens is 295 g/mol. The Hall–Kier alpha value is -1.54. The molecule has 0 saturated heterocycles. The molecule has 0 spiro atoms. The van der Waals surface area contributed by atoms with E-state index in [9.17, 15) is 4.57 Å². The molecule has 0 bridgehead atoms. The summed E-state index contributed by atoms with van der Waals surface area (Å²) in [4.78, 5) is 0. The first kappa shape index (κ1) is 13.4. The Balaban J connectivity index is 2.25. The molecule has 3 rings (SSSR count). The van der Waals surface area contributed by atoms with Crippen molar-refractivity contribution in [2.45, 2.75) is 0 Å². The van der Waals surface area contributed by atoms with Crippen LogP contribution in [0.2, 0.25) is 0 Å². The molecule has 0 fully saturated rings. The number of hydrogen-bond acceptors (Lipinski definition) is 3.